The van der Waals surface area contributed by atoms with Gasteiger partial charge in [0.05, 0.1) is 0 Å². The van der Waals surface area contributed by atoms with Crippen molar-refractivity contribution in [2.24, 2.45) is 17.8 Å². The van der Waals surface area contributed by atoms with Gasteiger partial charge in [0.1, 0.15) is 5.78 Å². The van der Waals surface area contributed by atoms with Crippen LogP contribution in [0, 0.1) is 17.8 Å². The van der Waals surface area contributed by atoms with Gasteiger partial charge in [-0.2, -0.15) is 0 Å². The monoisotopic (exact) mass is 344 g/mol. The van der Waals surface area contributed by atoms with Crippen molar-refractivity contribution in [1.82, 2.24) is 0 Å². The van der Waals surface area contributed by atoms with E-state index in [-0.39, 0.29) is 0 Å². The SMILES string of the molecule is CCCCCCCCC1CCC(C2CCC3=C(CCC(=O)C3)C2)CC1. The van der Waals surface area contributed by atoms with E-state index in [4.69, 9.17) is 0 Å². The Kier molecular flexibility index (Phi) is 7.62. The Bertz CT molecular complexity index is 453. The Morgan fingerprint density at radius 3 is 2.32 bits per heavy atom. The lowest BCUT2D eigenvalue weighted by atomic mass is 9.67. The molecule has 0 saturated heterocycles. The van der Waals surface area contributed by atoms with Crippen molar-refractivity contribution in [3.05, 3.63) is 11.1 Å². The molecule has 3 aliphatic carbocycles. The molecule has 1 unspecified atom stereocenters. The van der Waals surface area contributed by atoms with Crippen LogP contribution in [0.4, 0.5) is 0 Å². The third-order valence-electron chi connectivity index (χ3n) is 7.47. The summed E-state index contributed by atoms with van der Waals surface area (Å²) in [6.07, 6.45) is 22.8. The molecule has 3 rings (SSSR count). The number of ketones is 1. The van der Waals surface area contributed by atoms with Gasteiger partial charge in [-0.1, -0.05) is 75.9 Å². The van der Waals surface area contributed by atoms with Crippen molar-refractivity contribution >= 4 is 5.78 Å². The van der Waals surface area contributed by atoms with E-state index < -0.39 is 0 Å². The first-order chi connectivity index (χ1) is 12.3. The van der Waals surface area contributed by atoms with E-state index in [1.807, 2.05) is 0 Å². The van der Waals surface area contributed by atoms with Crippen molar-refractivity contribution in [3.63, 3.8) is 0 Å². The molecule has 0 N–H and O–H groups in total. The summed E-state index contributed by atoms with van der Waals surface area (Å²) in [5.41, 5.74) is 3.24. The fourth-order valence-corrected chi connectivity index (χ4v) is 5.77. The van der Waals surface area contributed by atoms with Gasteiger partial charge in [-0.3, -0.25) is 4.79 Å². The van der Waals surface area contributed by atoms with E-state index in [0.717, 1.165) is 37.0 Å². The second-order valence-electron chi connectivity index (χ2n) is 9.26. The van der Waals surface area contributed by atoms with Gasteiger partial charge >= 0.3 is 0 Å². The summed E-state index contributed by atoms with van der Waals surface area (Å²) in [6.45, 7) is 2.30. The predicted octanol–water partition coefficient (Wildman–Crippen LogP) is 7.39. The van der Waals surface area contributed by atoms with Gasteiger partial charge in [0.25, 0.3) is 0 Å². The summed E-state index contributed by atoms with van der Waals surface area (Å²) < 4.78 is 0. The first-order valence-electron chi connectivity index (χ1n) is 11.5. The molecule has 0 aromatic rings. The van der Waals surface area contributed by atoms with Gasteiger partial charge < -0.3 is 0 Å². The van der Waals surface area contributed by atoms with Gasteiger partial charge in [-0.25, -0.2) is 0 Å². The minimum absolute atomic E-state index is 0.493. The van der Waals surface area contributed by atoms with Crippen LogP contribution in [0.1, 0.15) is 116 Å². The molecule has 0 radical (unpaired) electrons. The lowest BCUT2D eigenvalue weighted by Crippen LogP contribution is -2.26. The third kappa shape index (κ3) is 5.69. The van der Waals surface area contributed by atoms with Crippen LogP contribution in [0.25, 0.3) is 0 Å². The van der Waals surface area contributed by atoms with Gasteiger partial charge in [0.15, 0.2) is 0 Å². The average molecular weight is 345 g/mol. The number of carbonyl (C=O) groups excluding carboxylic acids is 1. The van der Waals surface area contributed by atoms with E-state index in [2.05, 4.69) is 6.92 Å². The maximum Gasteiger partial charge on any atom is 0.137 e. The van der Waals surface area contributed by atoms with E-state index >= 15 is 0 Å². The molecular weight excluding hydrogens is 304 g/mol. The van der Waals surface area contributed by atoms with Crippen molar-refractivity contribution in [2.75, 3.05) is 0 Å². The molecular formula is C24H40O. The normalized spacial score (nSPS) is 30.4. The van der Waals surface area contributed by atoms with Gasteiger partial charge in [0, 0.05) is 12.8 Å². The molecule has 3 aliphatic rings. The molecule has 25 heavy (non-hydrogen) atoms. The Morgan fingerprint density at radius 2 is 1.52 bits per heavy atom. The Balaban J connectivity index is 1.34. The molecule has 1 heteroatoms. The Labute approximate surface area is 156 Å². The van der Waals surface area contributed by atoms with Crippen LogP contribution in [0.2, 0.25) is 0 Å². The van der Waals surface area contributed by atoms with E-state index in [9.17, 15) is 4.79 Å². The summed E-state index contributed by atoms with van der Waals surface area (Å²) in [7, 11) is 0. The van der Waals surface area contributed by atoms with E-state index in [0.29, 0.717) is 5.78 Å². The largest absolute Gasteiger partial charge is 0.299 e. The number of unbranched alkanes of at least 4 members (excludes halogenated alkanes) is 5. The van der Waals surface area contributed by atoms with E-state index in [1.54, 1.807) is 11.1 Å². The first kappa shape index (κ1) is 19.2. The second kappa shape index (κ2) is 9.93. The standard InChI is InChI=1S/C24H40O/c1-2-3-4-5-6-7-8-19-9-11-20(12-10-19)21-13-14-23-18-24(25)16-15-22(23)17-21/h19-21H,2-18H2,1H3. The van der Waals surface area contributed by atoms with Crippen LogP contribution in [0.5, 0.6) is 0 Å². The molecule has 1 saturated carbocycles. The van der Waals surface area contributed by atoms with Crippen molar-refractivity contribution < 1.29 is 4.79 Å². The van der Waals surface area contributed by atoms with Crippen LogP contribution in [0.15, 0.2) is 11.1 Å². The topological polar surface area (TPSA) is 17.1 Å². The highest BCUT2D eigenvalue weighted by Crippen LogP contribution is 2.45. The molecule has 0 aliphatic heterocycles. The van der Waals surface area contributed by atoms with Crippen LogP contribution >= 0.6 is 0 Å². The highest BCUT2D eigenvalue weighted by atomic mass is 16.1. The van der Waals surface area contributed by atoms with Crippen molar-refractivity contribution in [2.45, 2.75) is 116 Å². The Morgan fingerprint density at radius 1 is 0.760 bits per heavy atom. The van der Waals surface area contributed by atoms with Gasteiger partial charge in [-0.15, -0.1) is 0 Å². The summed E-state index contributed by atoms with van der Waals surface area (Å²) in [5, 5.41) is 0. The number of rotatable bonds is 8. The van der Waals surface area contributed by atoms with Crippen molar-refractivity contribution in [1.29, 1.82) is 0 Å². The van der Waals surface area contributed by atoms with E-state index in [1.165, 1.54) is 89.9 Å². The second-order valence-corrected chi connectivity index (χ2v) is 9.26. The van der Waals surface area contributed by atoms with Crippen molar-refractivity contribution in [3.8, 4) is 0 Å². The zero-order valence-corrected chi connectivity index (χ0v) is 16.7. The summed E-state index contributed by atoms with van der Waals surface area (Å²) in [4.78, 5) is 11.7. The lowest BCUT2D eigenvalue weighted by molar-refractivity contribution is -0.118. The molecule has 0 aromatic heterocycles. The Hall–Kier alpha value is -0.590. The summed E-state index contributed by atoms with van der Waals surface area (Å²) >= 11 is 0. The predicted molar refractivity (Wildman–Crippen MR) is 107 cm³/mol. The minimum atomic E-state index is 0.493. The van der Waals surface area contributed by atoms with Gasteiger partial charge in [0.2, 0.25) is 0 Å². The fourth-order valence-electron chi connectivity index (χ4n) is 5.77. The number of hydrogen-bond acceptors (Lipinski definition) is 1. The molecule has 1 atom stereocenters. The zero-order valence-electron chi connectivity index (χ0n) is 16.7. The van der Waals surface area contributed by atoms with Crippen LogP contribution in [-0.2, 0) is 4.79 Å². The average Bonchev–Trinajstić information content (AvgIpc) is 2.64. The van der Waals surface area contributed by atoms with Crippen LogP contribution < -0.4 is 0 Å². The molecule has 142 valence electrons. The molecule has 1 nitrogen and oxygen atoms in total. The van der Waals surface area contributed by atoms with Crippen LogP contribution in [-0.4, -0.2) is 5.78 Å². The molecule has 0 aromatic carbocycles. The number of carbonyl (C=O) groups is 1. The lowest BCUT2D eigenvalue weighted by Gasteiger charge is -2.38. The maximum atomic E-state index is 11.7. The van der Waals surface area contributed by atoms with Gasteiger partial charge in [-0.05, 0) is 56.3 Å². The summed E-state index contributed by atoms with van der Waals surface area (Å²) in [5.74, 6) is 3.47. The third-order valence-corrected chi connectivity index (χ3v) is 7.47. The highest BCUT2D eigenvalue weighted by Gasteiger charge is 2.32. The molecule has 0 heterocycles. The smallest absolute Gasteiger partial charge is 0.137 e. The maximum absolute atomic E-state index is 11.7. The number of hydrogen-bond donors (Lipinski definition) is 0. The molecule has 0 bridgehead atoms. The minimum Gasteiger partial charge on any atom is -0.299 e. The molecule has 0 spiro atoms. The summed E-state index contributed by atoms with van der Waals surface area (Å²) in [6, 6.07) is 0. The fraction of sp³-hybridized carbons (Fsp3) is 0.875. The van der Waals surface area contributed by atoms with Crippen LogP contribution in [0.3, 0.4) is 0 Å². The molecule has 1 fully saturated rings. The zero-order chi connectivity index (χ0) is 17.5. The quantitative estimate of drug-likeness (QED) is 0.331. The highest BCUT2D eigenvalue weighted by molar-refractivity contribution is 5.82. The first-order valence-corrected chi connectivity index (χ1v) is 11.5. The number of allylic oxidation sites excluding steroid dienone is 2. The number of Topliss-reactive ketones (excluding diaryl/α,β-unsaturated/α-hetero) is 1. The molecule has 0 amide bonds.